The van der Waals surface area contributed by atoms with Crippen LogP contribution in [-0.2, 0) is 14.8 Å². The molecule has 3 amide bonds. The normalized spacial score (nSPS) is 15.4. The van der Waals surface area contributed by atoms with Gasteiger partial charge in [0.1, 0.15) is 0 Å². The fraction of sp³-hybridized carbons (Fsp3) is 0.474. The van der Waals surface area contributed by atoms with Crippen molar-refractivity contribution >= 4 is 22.0 Å². The van der Waals surface area contributed by atoms with Gasteiger partial charge in [-0.25, -0.2) is 18.4 Å². The van der Waals surface area contributed by atoms with Crippen LogP contribution in [0.1, 0.15) is 50.6 Å². The number of hydrogen-bond acceptors (Lipinski definition) is 5. The van der Waals surface area contributed by atoms with Crippen molar-refractivity contribution in [2.75, 3.05) is 13.1 Å². The molecule has 1 atom stereocenters. The van der Waals surface area contributed by atoms with Gasteiger partial charge in [0.05, 0.1) is 11.4 Å². The summed E-state index contributed by atoms with van der Waals surface area (Å²) in [6.07, 6.45) is 7.66. The zero-order chi connectivity index (χ0) is 20.6. The largest absolute Gasteiger partial charge is 0.337 e. The Balaban J connectivity index is 1.69. The van der Waals surface area contributed by atoms with Crippen LogP contribution in [0.25, 0.3) is 0 Å². The molecular formula is C19H28N4O4S. The van der Waals surface area contributed by atoms with Crippen molar-refractivity contribution < 1.29 is 18.0 Å². The molecule has 0 bridgehead atoms. The van der Waals surface area contributed by atoms with Gasteiger partial charge in [0.25, 0.3) is 0 Å². The highest BCUT2D eigenvalue weighted by molar-refractivity contribution is 7.89. The molecule has 0 fully saturated rings. The molecule has 9 heteroatoms. The maximum absolute atomic E-state index is 11.9. The molecule has 0 spiro atoms. The fourth-order valence-electron chi connectivity index (χ4n) is 2.99. The predicted octanol–water partition coefficient (Wildman–Crippen LogP) is 1.70. The number of carbonyl (C=O) groups is 2. The van der Waals surface area contributed by atoms with Crippen molar-refractivity contribution in [3.8, 4) is 0 Å². The van der Waals surface area contributed by atoms with Crippen LogP contribution < -0.4 is 21.1 Å². The SMILES string of the molecule is C[C@@H](NCC(=O)NC(=O)NCCC1=CCCCC1)c1ccc(S(N)(=O)=O)cc1. The van der Waals surface area contributed by atoms with Crippen molar-refractivity contribution in [2.24, 2.45) is 5.14 Å². The van der Waals surface area contributed by atoms with E-state index in [-0.39, 0.29) is 17.5 Å². The average Bonchev–Trinajstić information content (AvgIpc) is 2.66. The number of rotatable bonds is 8. The molecule has 2 rings (SSSR count). The third-order valence-electron chi connectivity index (χ3n) is 4.65. The standard InChI is InChI=1S/C19H28N4O4S/c1-14(16-7-9-17(10-8-16)28(20,26)27)22-13-18(24)23-19(25)21-12-11-15-5-3-2-4-6-15/h5,7-10,14,22H,2-4,6,11-13H2,1H3,(H2,20,26,27)(H2,21,23,24,25)/t14-/m1/s1. The summed E-state index contributed by atoms with van der Waals surface area (Å²) in [5.74, 6) is -0.442. The molecule has 5 N–H and O–H groups in total. The number of allylic oxidation sites excluding steroid dienone is 1. The topological polar surface area (TPSA) is 130 Å². The Morgan fingerprint density at radius 1 is 1.18 bits per heavy atom. The van der Waals surface area contributed by atoms with Crippen LogP contribution in [0.3, 0.4) is 0 Å². The molecule has 1 aromatic rings. The van der Waals surface area contributed by atoms with E-state index in [1.807, 2.05) is 6.92 Å². The second-order valence-electron chi connectivity index (χ2n) is 6.88. The molecule has 154 valence electrons. The Bertz CT molecular complexity index is 819. The third kappa shape index (κ3) is 7.41. The van der Waals surface area contributed by atoms with Gasteiger partial charge >= 0.3 is 6.03 Å². The molecule has 8 nitrogen and oxygen atoms in total. The van der Waals surface area contributed by atoms with Gasteiger partial charge in [0, 0.05) is 12.6 Å². The first-order valence-electron chi connectivity index (χ1n) is 9.37. The summed E-state index contributed by atoms with van der Waals surface area (Å²) < 4.78 is 22.5. The third-order valence-corrected chi connectivity index (χ3v) is 5.58. The second kappa shape index (κ2) is 10.4. The molecule has 0 radical (unpaired) electrons. The lowest BCUT2D eigenvalue weighted by atomic mass is 9.97. The number of nitrogens with two attached hydrogens (primary N) is 1. The molecule has 0 aromatic heterocycles. The number of carbonyl (C=O) groups excluding carboxylic acids is 2. The monoisotopic (exact) mass is 408 g/mol. The lowest BCUT2D eigenvalue weighted by molar-refractivity contribution is -0.119. The number of benzene rings is 1. The number of hydrogen-bond donors (Lipinski definition) is 4. The Morgan fingerprint density at radius 2 is 1.89 bits per heavy atom. The summed E-state index contributed by atoms with van der Waals surface area (Å²) in [5.41, 5.74) is 2.16. The van der Waals surface area contributed by atoms with E-state index < -0.39 is 22.0 Å². The number of amides is 3. The van der Waals surface area contributed by atoms with Gasteiger partial charge < -0.3 is 10.6 Å². The van der Waals surface area contributed by atoms with Crippen LogP contribution in [0.2, 0.25) is 0 Å². The van der Waals surface area contributed by atoms with Gasteiger partial charge in [-0.05, 0) is 56.7 Å². The molecule has 0 saturated heterocycles. The molecule has 1 aromatic carbocycles. The minimum absolute atomic E-state index is 0.0295. The Labute approximate surface area is 166 Å². The summed E-state index contributed by atoms with van der Waals surface area (Å²) in [7, 11) is -3.73. The molecule has 0 heterocycles. The van der Waals surface area contributed by atoms with Gasteiger partial charge in [-0.2, -0.15) is 0 Å². The van der Waals surface area contributed by atoms with E-state index in [2.05, 4.69) is 22.0 Å². The minimum atomic E-state index is -3.73. The van der Waals surface area contributed by atoms with Crippen molar-refractivity contribution in [1.82, 2.24) is 16.0 Å². The minimum Gasteiger partial charge on any atom is -0.337 e. The average molecular weight is 409 g/mol. The smallest absolute Gasteiger partial charge is 0.321 e. The van der Waals surface area contributed by atoms with Crippen LogP contribution in [0.15, 0.2) is 40.8 Å². The maximum atomic E-state index is 11.9. The Hall–Kier alpha value is -2.23. The van der Waals surface area contributed by atoms with E-state index in [0.717, 1.165) is 24.8 Å². The fourth-order valence-corrected chi connectivity index (χ4v) is 3.51. The van der Waals surface area contributed by atoms with E-state index in [1.54, 1.807) is 12.1 Å². The number of urea groups is 1. The highest BCUT2D eigenvalue weighted by Gasteiger charge is 2.12. The van der Waals surface area contributed by atoms with Crippen LogP contribution >= 0.6 is 0 Å². The van der Waals surface area contributed by atoms with Gasteiger partial charge in [0.2, 0.25) is 15.9 Å². The van der Waals surface area contributed by atoms with Crippen LogP contribution in [0.5, 0.6) is 0 Å². The van der Waals surface area contributed by atoms with Crippen LogP contribution in [0, 0.1) is 0 Å². The van der Waals surface area contributed by atoms with E-state index in [9.17, 15) is 18.0 Å². The molecule has 1 aliphatic carbocycles. The molecule has 0 unspecified atom stereocenters. The lowest BCUT2D eigenvalue weighted by Gasteiger charge is -2.15. The summed E-state index contributed by atoms with van der Waals surface area (Å²) in [4.78, 5) is 23.7. The summed E-state index contributed by atoms with van der Waals surface area (Å²) in [5, 5.41) is 13.0. The molecule has 0 aliphatic heterocycles. The molecule has 1 aliphatic rings. The molecule has 28 heavy (non-hydrogen) atoms. The number of nitrogens with one attached hydrogen (secondary N) is 3. The van der Waals surface area contributed by atoms with Crippen LogP contribution in [-0.4, -0.2) is 33.4 Å². The van der Waals surface area contributed by atoms with Gasteiger partial charge in [-0.1, -0.05) is 23.8 Å². The quantitative estimate of drug-likeness (QED) is 0.486. The zero-order valence-electron chi connectivity index (χ0n) is 16.0. The second-order valence-corrected chi connectivity index (χ2v) is 8.44. The predicted molar refractivity (Wildman–Crippen MR) is 107 cm³/mol. The van der Waals surface area contributed by atoms with E-state index >= 15 is 0 Å². The number of imide groups is 1. The lowest BCUT2D eigenvalue weighted by Crippen LogP contribution is -2.44. The Kier molecular flexibility index (Phi) is 8.16. The Morgan fingerprint density at radius 3 is 2.50 bits per heavy atom. The highest BCUT2D eigenvalue weighted by atomic mass is 32.2. The van der Waals surface area contributed by atoms with Crippen molar-refractivity contribution in [3.63, 3.8) is 0 Å². The summed E-state index contributed by atoms with van der Waals surface area (Å²) in [6.45, 7) is 2.29. The molecule has 0 saturated carbocycles. The van der Waals surface area contributed by atoms with Crippen molar-refractivity contribution in [1.29, 1.82) is 0 Å². The van der Waals surface area contributed by atoms with Crippen molar-refractivity contribution in [2.45, 2.75) is 50.0 Å². The summed E-state index contributed by atoms with van der Waals surface area (Å²) in [6, 6.07) is 5.37. The summed E-state index contributed by atoms with van der Waals surface area (Å²) >= 11 is 0. The van der Waals surface area contributed by atoms with E-state index in [0.29, 0.717) is 6.54 Å². The maximum Gasteiger partial charge on any atom is 0.321 e. The van der Waals surface area contributed by atoms with Crippen molar-refractivity contribution in [3.05, 3.63) is 41.5 Å². The molecular weight excluding hydrogens is 380 g/mol. The highest BCUT2D eigenvalue weighted by Crippen LogP contribution is 2.19. The first-order valence-corrected chi connectivity index (χ1v) is 10.9. The number of sulfonamides is 1. The van der Waals surface area contributed by atoms with Gasteiger partial charge in [-0.15, -0.1) is 0 Å². The first kappa shape index (κ1) is 22.1. The van der Waals surface area contributed by atoms with Gasteiger partial charge in [-0.3, -0.25) is 10.1 Å². The van der Waals surface area contributed by atoms with Crippen LogP contribution in [0.4, 0.5) is 4.79 Å². The number of primary sulfonamides is 1. The van der Waals surface area contributed by atoms with E-state index in [1.165, 1.54) is 30.5 Å². The van der Waals surface area contributed by atoms with Gasteiger partial charge in [0.15, 0.2) is 0 Å². The van der Waals surface area contributed by atoms with E-state index in [4.69, 9.17) is 5.14 Å². The first-order chi connectivity index (χ1) is 13.3. The zero-order valence-corrected chi connectivity index (χ0v) is 16.8.